The first-order valence-corrected chi connectivity index (χ1v) is 10.2. The molecule has 0 aromatic carbocycles. The average molecular weight is 408 g/mol. The Morgan fingerprint density at radius 1 is 1.33 bits per heavy atom. The van der Waals surface area contributed by atoms with E-state index in [2.05, 4.69) is 17.9 Å². The fourth-order valence-electron chi connectivity index (χ4n) is 2.58. The van der Waals surface area contributed by atoms with Gasteiger partial charge in [-0.1, -0.05) is 33.6 Å². The van der Waals surface area contributed by atoms with Crippen LogP contribution in [0.1, 0.15) is 59.8 Å². The molecule has 0 spiro atoms. The van der Waals surface area contributed by atoms with Crippen molar-refractivity contribution in [2.24, 2.45) is 11.7 Å². The Morgan fingerprint density at radius 2 is 1.96 bits per heavy atom. The molecule has 0 rings (SSSR count). The molecule has 0 heterocycles. The van der Waals surface area contributed by atoms with Crippen LogP contribution < -0.4 is 11.1 Å². The molecule has 0 aromatic rings. The highest BCUT2D eigenvalue weighted by molar-refractivity contribution is 7.80. The average Bonchev–Trinajstić information content (AvgIpc) is 2.60. The molecule has 0 bridgehead atoms. The van der Waals surface area contributed by atoms with Crippen molar-refractivity contribution in [1.29, 1.82) is 0 Å². The fourth-order valence-corrected chi connectivity index (χ4v) is 2.70. The molecule has 0 fully saturated rings. The molecule has 0 aliphatic heterocycles. The van der Waals surface area contributed by atoms with Crippen LogP contribution in [-0.4, -0.2) is 63.9 Å². The molecule has 0 aliphatic carbocycles. The lowest BCUT2D eigenvalue weighted by atomic mass is 10.0. The third-order valence-electron chi connectivity index (χ3n) is 4.12. The summed E-state index contributed by atoms with van der Waals surface area (Å²) in [5.74, 6) is -1.39. The number of carboxylic acids is 1. The third-order valence-corrected chi connectivity index (χ3v) is 4.59. The van der Waals surface area contributed by atoms with Crippen LogP contribution in [0.2, 0.25) is 0 Å². The molecule has 0 aliphatic rings. The number of hydrogen-bond acceptors (Lipinski definition) is 7. The van der Waals surface area contributed by atoms with E-state index in [1.165, 1.54) is 0 Å². The Bertz CT molecular complexity index is 453. The van der Waals surface area contributed by atoms with Gasteiger partial charge in [0.05, 0.1) is 6.10 Å². The molecular formula is C18H37N3O5S. The Hall–Kier alpha value is -0.870. The van der Waals surface area contributed by atoms with Gasteiger partial charge in [-0.15, -0.1) is 0 Å². The predicted octanol–water partition coefficient (Wildman–Crippen LogP) is 1.38. The van der Waals surface area contributed by atoms with Gasteiger partial charge in [-0.2, -0.15) is 17.7 Å². The van der Waals surface area contributed by atoms with E-state index >= 15 is 0 Å². The number of aliphatic hydroxyl groups is 1. The number of aliphatic carboxylic acids is 1. The molecule has 27 heavy (non-hydrogen) atoms. The van der Waals surface area contributed by atoms with Crippen molar-refractivity contribution in [3.63, 3.8) is 0 Å². The highest BCUT2D eigenvalue weighted by Crippen LogP contribution is 2.23. The lowest BCUT2D eigenvalue weighted by molar-refractivity contribution is -0.254. The van der Waals surface area contributed by atoms with Gasteiger partial charge < -0.3 is 15.9 Å². The number of hydroxylamine groups is 2. The van der Waals surface area contributed by atoms with Gasteiger partial charge in [-0.25, -0.2) is 4.79 Å². The zero-order chi connectivity index (χ0) is 21.0. The first-order valence-electron chi connectivity index (χ1n) is 9.60. The highest BCUT2D eigenvalue weighted by atomic mass is 32.1. The summed E-state index contributed by atoms with van der Waals surface area (Å²) in [7, 11) is 0. The van der Waals surface area contributed by atoms with Crippen LogP contribution in [0.3, 0.4) is 0 Å². The van der Waals surface area contributed by atoms with Crippen LogP contribution in [0.25, 0.3) is 0 Å². The number of carbonyl (C=O) groups is 2. The lowest BCUT2D eigenvalue weighted by Crippen LogP contribution is -2.68. The van der Waals surface area contributed by atoms with E-state index in [0.717, 1.165) is 17.9 Å². The Kier molecular flexibility index (Phi) is 12.9. The summed E-state index contributed by atoms with van der Waals surface area (Å²) in [5.41, 5.74) is 3.96. The Balaban J connectivity index is 5.82. The van der Waals surface area contributed by atoms with Crippen LogP contribution in [0.15, 0.2) is 0 Å². The van der Waals surface area contributed by atoms with Gasteiger partial charge in [0.15, 0.2) is 0 Å². The third kappa shape index (κ3) is 8.78. The van der Waals surface area contributed by atoms with Crippen molar-refractivity contribution in [3.8, 4) is 0 Å². The number of thiol groups is 1. The van der Waals surface area contributed by atoms with Crippen molar-refractivity contribution in [2.45, 2.75) is 77.6 Å². The van der Waals surface area contributed by atoms with Gasteiger partial charge in [0.25, 0.3) is 0 Å². The topological polar surface area (TPSA) is 125 Å². The maximum atomic E-state index is 12.9. The molecule has 5 N–H and O–H groups in total. The standard InChI is InChI=1S/C18H37N3O5S/c1-5-6-7-14(4)26-21(16(23)10-13(2)3)18(8-9-22,17(24)25)20-11-15(19)12-27/h13-15,20,22,27H,5-12,19H2,1-4H3,(H,24,25)/t14-,15-,18?/m0/s1. The minimum atomic E-state index is -1.90. The number of hydrogen-bond donors (Lipinski definition) is 5. The number of rotatable bonds is 15. The van der Waals surface area contributed by atoms with Crippen LogP contribution in [-0.2, 0) is 14.4 Å². The number of nitrogens with zero attached hydrogens (tertiary/aromatic N) is 1. The van der Waals surface area contributed by atoms with Crippen molar-refractivity contribution in [3.05, 3.63) is 0 Å². The van der Waals surface area contributed by atoms with Crippen molar-refractivity contribution < 1.29 is 24.6 Å². The second-order valence-electron chi connectivity index (χ2n) is 7.31. The van der Waals surface area contributed by atoms with Crippen molar-refractivity contribution >= 4 is 24.5 Å². The smallest absolute Gasteiger partial charge is 0.347 e. The number of amides is 1. The summed E-state index contributed by atoms with van der Waals surface area (Å²) >= 11 is 4.11. The summed E-state index contributed by atoms with van der Waals surface area (Å²) < 4.78 is 0. The number of nitrogens with one attached hydrogen (secondary N) is 1. The maximum Gasteiger partial charge on any atom is 0.347 e. The normalized spacial score (nSPS) is 16.0. The highest BCUT2D eigenvalue weighted by Gasteiger charge is 2.48. The van der Waals surface area contributed by atoms with E-state index in [-0.39, 0.29) is 31.4 Å². The molecule has 0 saturated heterocycles. The largest absolute Gasteiger partial charge is 0.478 e. The summed E-state index contributed by atoms with van der Waals surface area (Å²) in [4.78, 5) is 30.9. The number of unbranched alkanes of at least 4 members (excludes halogenated alkanes) is 1. The van der Waals surface area contributed by atoms with Gasteiger partial charge in [0, 0.05) is 37.8 Å². The van der Waals surface area contributed by atoms with Crippen molar-refractivity contribution in [1.82, 2.24) is 10.4 Å². The molecule has 9 heteroatoms. The summed E-state index contributed by atoms with van der Waals surface area (Å²) in [6.45, 7) is 7.25. The predicted molar refractivity (Wildman–Crippen MR) is 108 cm³/mol. The Morgan fingerprint density at radius 3 is 2.41 bits per heavy atom. The van der Waals surface area contributed by atoms with E-state index in [4.69, 9.17) is 10.6 Å². The molecule has 0 saturated carbocycles. The second kappa shape index (κ2) is 13.3. The number of nitrogens with two attached hydrogens (primary N) is 1. The number of carbonyl (C=O) groups excluding carboxylic acids is 1. The Labute approximate surface area is 168 Å². The van der Waals surface area contributed by atoms with Gasteiger partial charge in [0.1, 0.15) is 0 Å². The number of aliphatic hydroxyl groups excluding tert-OH is 1. The van der Waals surface area contributed by atoms with E-state index in [1.54, 1.807) is 6.92 Å². The monoisotopic (exact) mass is 407 g/mol. The van der Waals surface area contributed by atoms with E-state index in [0.29, 0.717) is 12.2 Å². The fraction of sp³-hybridized carbons (Fsp3) is 0.889. The quantitative estimate of drug-likeness (QED) is 0.158. The van der Waals surface area contributed by atoms with Gasteiger partial charge in [-0.3, -0.25) is 14.9 Å². The van der Waals surface area contributed by atoms with E-state index < -0.39 is 30.2 Å². The lowest BCUT2D eigenvalue weighted by Gasteiger charge is -2.41. The van der Waals surface area contributed by atoms with Gasteiger partial charge in [-0.05, 0) is 19.3 Å². The molecular weight excluding hydrogens is 370 g/mol. The summed E-state index contributed by atoms with van der Waals surface area (Å²) in [6.07, 6.45) is 2.09. The zero-order valence-electron chi connectivity index (χ0n) is 17.0. The maximum absolute atomic E-state index is 12.9. The minimum Gasteiger partial charge on any atom is -0.478 e. The first-order chi connectivity index (χ1) is 12.6. The summed E-state index contributed by atoms with van der Waals surface area (Å²) in [5, 5.41) is 23.3. The SMILES string of the molecule is CCCC[C@H](C)ON(C(=O)CC(C)C)C(CCO)(NC[C@H](N)CS)C(=O)O. The van der Waals surface area contributed by atoms with Gasteiger partial charge in [0.2, 0.25) is 11.6 Å². The molecule has 8 nitrogen and oxygen atoms in total. The first kappa shape index (κ1) is 26.1. The second-order valence-corrected chi connectivity index (χ2v) is 7.67. The molecule has 0 radical (unpaired) electrons. The minimum absolute atomic E-state index is 0.0230. The number of carboxylic acid groups (broad SMARTS) is 1. The van der Waals surface area contributed by atoms with Crippen LogP contribution in [0.4, 0.5) is 0 Å². The van der Waals surface area contributed by atoms with E-state index in [9.17, 15) is 19.8 Å². The molecule has 0 aromatic heterocycles. The van der Waals surface area contributed by atoms with Crippen molar-refractivity contribution in [2.75, 3.05) is 18.9 Å². The molecule has 1 unspecified atom stereocenters. The summed E-state index contributed by atoms with van der Waals surface area (Å²) in [6, 6.07) is -0.412. The van der Waals surface area contributed by atoms with E-state index in [1.807, 2.05) is 20.8 Å². The van der Waals surface area contributed by atoms with Crippen LogP contribution in [0.5, 0.6) is 0 Å². The zero-order valence-corrected chi connectivity index (χ0v) is 17.9. The molecule has 1 amide bonds. The molecule has 160 valence electrons. The van der Waals surface area contributed by atoms with Crippen LogP contribution >= 0.6 is 12.6 Å². The molecule has 3 atom stereocenters. The van der Waals surface area contributed by atoms with Crippen LogP contribution in [0, 0.1) is 5.92 Å². The van der Waals surface area contributed by atoms with Gasteiger partial charge >= 0.3 is 5.97 Å².